The topological polar surface area (TPSA) is 72.9 Å². The zero-order valence-corrected chi connectivity index (χ0v) is 9.45. The zero-order valence-electron chi connectivity index (χ0n) is 9.45. The smallest absolute Gasteiger partial charge is 0.228 e. The maximum atomic E-state index is 11.7. The predicted octanol–water partition coefficient (Wildman–Crippen LogP) is 0.652. The quantitative estimate of drug-likeness (QED) is 0.766. The van der Waals surface area contributed by atoms with E-state index in [0.29, 0.717) is 6.54 Å². The Balaban J connectivity index is 2.69. The normalized spacial score (nSPS) is 12.5. The van der Waals surface area contributed by atoms with Gasteiger partial charge in [0.25, 0.3) is 0 Å². The molecule has 0 aliphatic carbocycles. The van der Waals surface area contributed by atoms with E-state index in [4.69, 9.17) is 5.73 Å². The number of amides is 1. The van der Waals surface area contributed by atoms with Crippen molar-refractivity contribution in [2.75, 3.05) is 11.9 Å². The summed E-state index contributed by atoms with van der Waals surface area (Å²) in [5.41, 5.74) is 7.08. The lowest BCUT2D eigenvalue weighted by Gasteiger charge is -2.11. The summed E-state index contributed by atoms with van der Waals surface area (Å²) in [5.74, 6) is -0.152. The number of nitrogens with zero attached hydrogens (tertiary/aromatic N) is 2. The van der Waals surface area contributed by atoms with E-state index in [1.807, 2.05) is 20.9 Å². The Labute approximate surface area is 89.6 Å². The first-order chi connectivity index (χ1) is 7.08. The van der Waals surface area contributed by atoms with Crippen LogP contribution in [0.2, 0.25) is 0 Å². The molecular formula is C10H18N4O. The van der Waals surface area contributed by atoms with Gasteiger partial charge >= 0.3 is 0 Å². The van der Waals surface area contributed by atoms with E-state index < -0.39 is 0 Å². The molecule has 0 aliphatic rings. The fraction of sp³-hybridized carbons (Fsp3) is 0.600. The molecule has 0 spiro atoms. The number of nitrogens with two attached hydrogens (primary N) is 1. The van der Waals surface area contributed by atoms with Gasteiger partial charge in [-0.15, -0.1) is 0 Å². The van der Waals surface area contributed by atoms with E-state index in [-0.39, 0.29) is 11.8 Å². The molecular weight excluding hydrogens is 192 g/mol. The third-order valence-corrected chi connectivity index (χ3v) is 2.42. The van der Waals surface area contributed by atoms with E-state index in [9.17, 15) is 4.79 Å². The summed E-state index contributed by atoms with van der Waals surface area (Å²) in [4.78, 5) is 11.7. The maximum absolute atomic E-state index is 11.7. The molecule has 0 aromatic carbocycles. The zero-order chi connectivity index (χ0) is 11.4. The Morgan fingerprint density at radius 2 is 2.40 bits per heavy atom. The van der Waals surface area contributed by atoms with Crippen molar-refractivity contribution in [1.29, 1.82) is 0 Å². The van der Waals surface area contributed by atoms with Crippen molar-refractivity contribution in [3.8, 4) is 0 Å². The molecule has 1 heterocycles. The maximum Gasteiger partial charge on any atom is 0.228 e. The van der Waals surface area contributed by atoms with E-state index in [2.05, 4.69) is 10.4 Å². The number of aromatic nitrogens is 2. The average Bonchev–Trinajstić information content (AvgIpc) is 2.47. The Hall–Kier alpha value is -1.36. The number of aryl methyl sites for hydroxylation is 2. The molecule has 1 atom stereocenters. The van der Waals surface area contributed by atoms with Crippen LogP contribution >= 0.6 is 0 Å². The van der Waals surface area contributed by atoms with Crippen LogP contribution in [0.3, 0.4) is 0 Å². The molecule has 1 unspecified atom stereocenters. The summed E-state index contributed by atoms with van der Waals surface area (Å²) in [7, 11) is 1.82. The van der Waals surface area contributed by atoms with Crippen LogP contribution in [0, 0.1) is 12.8 Å². The number of nitrogens with one attached hydrogen (secondary N) is 1. The van der Waals surface area contributed by atoms with Crippen molar-refractivity contribution in [1.82, 2.24) is 9.78 Å². The fourth-order valence-corrected chi connectivity index (χ4v) is 1.42. The molecule has 84 valence electrons. The first-order valence-corrected chi connectivity index (χ1v) is 5.09. The number of hydrogen-bond donors (Lipinski definition) is 2. The second-order valence-corrected chi connectivity index (χ2v) is 3.63. The van der Waals surface area contributed by atoms with E-state index in [0.717, 1.165) is 17.8 Å². The summed E-state index contributed by atoms with van der Waals surface area (Å²) >= 11 is 0. The molecule has 1 aromatic rings. The summed E-state index contributed by atoms with van der Waals surface area (Å²) in [6.07, 6.45) is 2.54. The molecule has 1 rings (SSSR count). The molecule has 0 radical (unpaired) electrons. The van der Waals surface area contributed by atoms with Crippen molar-refractivity contribution in [2.45, 2.75) is 20.3 Å². The molecule has 1 aromatic heterocycles. The predicted molar refractivity (Wildman–Crippen MR) is 59.4 cm³/mol. The van der Waals surface area contributed by atoms with Crippen LogP contribution < -0.4 is 11.1 Å². The lowest BCUT2D eigenvalue weighted by Crippen LogP contribution is -2.28. The van der Waals surface area contributed by atoms with Gasteiger partial charge in [0.2, 0.25) is 5.91 Å². The highest BCUT2D eigenvalue weighted by atomic mass is 16.1. The van der Waals surface area contributed by atoms with Crippen molar-refractivity contribution >= 4 is 11.6 Å². The highest BCUT2D eigenvalue weighted by Gasteiger charge is 2.16. The highest BCUT2D eigenvalue weighted by Crippen LogP contribution is 2.13. The molecule has 0 aliphatic heterocycles. The largest absolute Gasteiger partial charge is 0.330 e. The Morgan fingerprint density at radius 1 is 1.73 bits per heavy atom. The first-order valence-electron chi connectivity index (χ1n) is 5.09. The van der Waals surface area contributed by atoms with Crippen LogP contribution in [0.1, 0.15) is 19.0 Å². The van der Waals surface area contributed by atoms with Crippen LogP contribution in [0.25, 0.3) is 0 Å². The van der Waals surface area contributed by atoms with Gasteiger partial charge in [0.05, 0.1) is 17.3 Å². The molecule has 1 amide bonds. The molecule has 5 heteroatoms. The second-order valence-electron chi connectivity index (χ2n) is 3.63. The van der Waals surface area contributed by atoms with Gasteiger partial charge < -0.3 is 11.1 Å². The van der Waals surface area contributed by atoms with Gasteiger partial charge in [0.15, 0.2) is 0 Å². The van der Waals surface area contributed by atoms with Crippen LogP contribution in [-0.4, -0.2) is 22.2 Å². The Morgan fingerprint density at radius 3 is 2.80 bits per heavy atom. The molecule has 5 nitrogen and oxygen atoms in total. The van der Waals surface area contributed by atoms with E-state index >= 15 is 0 Å². The molecule has 15 heavy (non-hydrogen) atoms. The number of rotatable bonds is 4. The van der Waals surface area contributed by atoms with Crippen LogP contribution in [0.5, 0.6) is 0 Å². The standard InChI is InChI=1S/C10H18N4O/c1-4-8(5-11)10(15)12-9-6-14(3)13-7(9)2/h6,8H,4-5,11H2,1-3H3,(H,12,15). The lowest BCUT2D eigenvalue weighted by molar-refractivity contribution is -0.119. The minimum absolute atomic E-state index is 0.0314. The Kier molecular flexibility index (Phi) is 3.85. The summed E-state index contributed by atoms with van der Waals surface area (Å²) in [5, 5.41) is 6.98. The SMILES string of the molecule is CCC(CN)C(=O)Nc1cn(C)nc1C. The Bertz CT molecular complexity index is 341. The highest BCUT2D eigenvalue weighted by molar-refractivity contribution is 5.93. The van der Waals surface area contributed by atoms with Crippen molar-refractivity contribution < 1.29 is 4.79 Å². The minimum atomic E-state index is -0.121. The van der Waals surface area contributed by atoms with E-state index in [1.54, 1.807) is 10.9 Å². The van der Waals surface area contributed by atoms with Crippen LogP contribution in [-0.2, 0) is 11.8 Å². The molecule has 0 fully saturated rings. The monoisotopic (exact) mass is 210 g/mol. The number of carbonyl (C=O) groups is 1. The second kappa shape index (κ2) is 4.93. The number of carbonyl (C=O) groups excluding carboxylic acids is 1. The lowest BCUT2D eigenvalue weighted by atomic mass is 10.1. The van der Waals surface area contributed by atoms with Crippen molar-refractivity contribution in [3.63, 3.8) is 0 Å². The van der Waals surface area contributed by atoms with Gasteiger partial charge in [-0.1, -0.05) is 6.92 Å². The average molecular weight is 210 g/mol. The number of hydrogen-bond acceptors (Lipinski definition) is 3. The number of anilines is 1. The van der Waals surface area contributed by atoms with Gasteiger partial charge in [0, 0.05) is 19.8 Å². The molecule has 0 saturated heterocycles. The summed E-state index contributed by atoms with van der Waals surface area (Å²) in [6, 6.07) is 0. The van der Waals surface area contributed by atoms with E-state index in [1.165, 1.54) is 0 Å². The molecule has 0 saturated carbocycles. The summed E-state index contributed by atoms with van der Waals surface area (Å²) < 4.78 is 1.67. The van der Waals surface area contributed by atoms with Crippen LogP contribution in [0.15, 0.2) is 6.20 Å². The summed E-state index contributed by atoms with van der Waals surface area (Å²) in [6.45, 7) is 4.19. The van der Waals surface area contributed by atoms with Gasteiger partial charge in [-0.05, 0) is 13.3 Å². The third-order valence-electron chi connectivity index (χ3n) is 2.42. The molecule has 0 bridgehead atoms. The third kappa shape index (κ3) is 2.79. The van der Waals surface area contributed by atoms with Gasteiger partial charge in [0.1, 0.15) is 0 Å². The fourth-order valence-electron chi connectivity index (χ4n) is 1.42. The minimum Gasteiger partial charge on any atom is -0.330 e. The van der Waals surface area contributed by atoms with Crippen molar-refractivity contribution in [2.24, 2.45) is 18.7 Å². The van der Waals surface area contributed by atoms with Gasteiger partial charge in [-0.3, -0.25) is 9.48 Å². The van der Waals surface area contributed by atoms with Crippen molar-refractivity contribution in [3.05, 3.63) is 11.9 Å². The first kappa shape index (κ1) is 11.7. The molecule has 3 N–H and O–H groups in total. The van der Waals surface area contributed by atoms with Gasteiger partial charge in [-0.2, -0.15) is 5.10 Å². The van der Waals surface area contributed by atoms with Crippen LogP contribution in [0.4, 0.5) is 5.69 Å². The van der Waals surface area contributed by atoms with Gasteiger partial charge in [-0.25, -0.2) is 0 Å².